The van der Waals surface area contributed by atoms with Crippen LogP contribution in [0.5, 0.6) is 11.5 Å². The highest BCUT2D eigenvalue weighted by Gasteiger charge is 2.07. The van der Waals surface area contributed by atoms with Crippen LogP contribution in [0.25, 0.3) is 0 Å². The number of rotatable bonds is 4. The standard InChI is InChI=1S/C14H11N3O5/c18-12-6-3-10(7-13(12)19)14(20)16-15-8-9-1-4-11(5-2-9)17(21)22/h1-8,18-19H,(H,16,20). The van der Waals surface area contributed by atoms with Crippen LogP contribution in [-0.2, 0) is 0 Å². The van der Waals surface area contributed by atoms with Gasteiger partial charge in [-0.3, -0.25) is 14.9 Å². The zero-order valence-corrected chi connectivity index (χ0v) is 11.1. The number of nitro benzene ring substituents is 1. The molecule has 1 amide bonds. The van der Waals surface area contributed by atoms with Crippen LogP contribution in [0.4, 0.5) is 5.69 Å². The average Bonchev–Trinajstić information content (AvgIpc) is 2.50. The quantitative estimate of drug-likeness (QED) is 0.343. The van der Waals surface area contributed by atoms with E-state index in [2.05, 4.69) is 10.5 Å². The van der Waals surface area contributed by atoms with Crippen LogP contribution in [0.1, 0.15) is 15.9 Å². The predicted octanol–water partition coefficient (Wildman–Crippen LogP) is 1.77. The molecule has 0 unspecified atom stereocenters. The first kappa shape index (κ1) is 15.0. The lowest BCUT2D eigenvalue weighted by Gasteiger charge is -2.02. The van der Waals surface area contributed by atoms with Gasteiger partial charge in [0.15, 0.2) is 11.5 Å². The van der Waals surface area contributed by atoms with Crippen molar-refractivity contribution in [1.82, 2.24) is 5.43 Å². The average molecular weight is 301 g/mol. The predicted molar refractivity (Wildman–Crippen MR) is 77.9 cm³/mol. The van der Waals surface area contributed by atoms with Crippen molar-refractivity contribution >= 4 is 17.8 Å². The third kappa shape index (κ3) is 3.57. The smallest absolute Gasteiger partial charge is 0.271 e. The Morgan fingerprint density at radius 2 is 1.82 bits per heavy atom. The number of benzene rings is 2. The van der Waals surface area contributed by atoms with E-state index in [0.29, 0.717) is 5.56 Å². The summed E-state index contributed by atoms with van der Waals surface area (Å²) in [7, 11) is 0. The first-order valence-corrected chi connectivity index (χ1v) is 6.07. The fourth-order valence-electron chi connectivity index (χ4n) is 1.58. The van der Waals surface area contributed by atoms with Crippen LogP contribution in [-0.4, -0.2) is 27.3 Å². The van der Waals surface area contributed by atoms with Crippen molar-refractivity contribution in [1.29, 1.82) is 0 Å². The van der Waals surface area contributed by atoms with Gasteiger partial charge in [-0.1, -0.05) is 0 Å². The number of non-ortho nitro benzene ring substituents is 1. The van der Waals surface area contributed by atoms with Crippen molar-refractivity contribution < 1.29 is 19.9 Å². The minimum atomic E-state index is -0.575. The van der Waals surface area contributed by atoms with Gasteiger partial charge >= 0.3 is 0 Å². The molecular formula is C14H11N3O5. The van der Waals surface area contributed by atoms with E-state index in [-0.39, 0.29) is 17.0 Å². The van der Waals surface area contributed by atoms with Gasteiger partial charge in [-0.15, -0.1) is 0 Å². The number of nitrogens with zero attached hydrogens (tertiary/aromatic N) is 2. The van der Waals surface area contributed by atoms with Crippen LogP contribution >= 0.6 is 0 Å². The van der Waals surface area contributed by atoms with Crippen LogP contribution < -0.4 is 5.43 Å². The number of hydrogen-bond donors (Lipinski definition) is 3. The first-order valence-electron chi connectivity index (χ1n) is 6.07. The van der Waals surface area contributed by atoms with E-state index in [4.69, 9.17) is 5.11 Å². The highest BCUT2D eigenvalue weighted by Crippen LogP contribution is 2.24. The molecule has 2 rings (SSSR count). The van der Waals surface area contributed by atoms with Gasteiger partial charge in [0.25, 0.3) is 11.6 Å². The molecule has 2 aromatic carbocycles. The Morgan fingerprint density at radius 3 is 2.41 bits per heavy atom. The molecule has 2 aromatic rings. The Bertz CT molecular complexity index is 741. The maximum absolute atomic E-state index is 11.7. The number of amides is 1. The number of carbonyl (C=O) groups excluding carboxylic acids is 1. The molecule has 0 heterocycles. The van der Waals surface area contributed by atoms with Crippen molar-refractivity contribution in [3.63, 3.8) is 0 Å². The Hall–Kier alpha value is -3.42. The molecule has 3 N–H and O–H groups in total. The number of hydrazone groups is 1. The number of nitrogens with one attached hydrogen (secondary N) is 1. The topological polar surface area (TPSA) is 125 Å². The van der Waals surface area contributed by atoms with Crippen LogP contribution in [0, 0.1) is 10.1 Å². The summed E-state index contributed by atoms with van der Waals surface area (Å²) < 4.78 is 0. The second-order valence-electron chi connectivity index (χ2n) is 4.25. The maximum atomic E-state index is 11.7. The Balaban J connectivity index is 2.00. The number of nitro groups is 1. The molecule has 0 aliphatic rings. The molecule has 112 valence electrons. The fourth-order valence-corrected chi connectivity index (χ4v) is 1.58. The van der Waals surface area contributed by atoms with E-state index in [1.807, 2.05) is 0 Å². The van der Waals surface area contributed by atoms with E-state index in [9.17, 15) is 20.0 Å². The largest absolute Gasteiger partial charge is 0.504 e. The zero-order chi connectivity index (χ0) is 16.1. The highest BCUT2D eigenvalue weighted by atomic mass is 16.6. The second kappa shape index (κ2) is 6.35. The molecule has 0 bridgehead atoms. The maximum Gasteiger partial charge on any atom is 0.271 e. The van der Waals surface area contributed by atoms with Crippen molar-refractivity contribution in [3.05, 3.63) is 63.7 Å². The Labute approximate surface area is 124 Å². The van der Waals surface area contributed by atoms with E-state index in [1.54, 1.807) is 0 Å². The molecule has 22 heavy (non-hydrogen) atoms. The molecular weight excluding hydrogens is 290 g/mol. The van der Waals surface area contributed by atoms with Gasteiger partial charge < -0.3 is 10.2 Å². The summed E-state index contributed by atoms with van der Waals surface area (Å²) in [6.07, 6.45) is 1.32. The molecule has 0 atom stereocenters. The van der Waals surface area contributed by atoms with E-state index >= 15 is 0 Å². The van der Waals surface area contributed by atoms with Gasteiger partial charge in [0.05, 0.1) is 11.1 Å². The minimum absolute atomic E-state index is 0.0410. The molecule has 8 nitrogen and oxygen atoms in total. The van der Waals surface area contributed by atoms with Gasteiger partial charge in [-0.25, -0.2) is 5.43 Å². The molecule has 0 spiro atoms. The summed E-state index contributed by atoms with van der Waals surface area (Å²) in [5.74, 6) is -1.31. The lowest BCUT2D eigenvalue weighted by atomic mass is 10.2. The van der Waals surface area contributed by atoms with Crippen molar-refractivity contribution in [2.75, 3.05) is 0 Å². The molecule has 8 heteroatoms. The summed E-state index contributed by atoms with van der Waals surface area (Å²) in [5, 5.41) is 32.7. The van der Waals surface area contributed by atoms with Crippen LogP contribution in [0.2, 0.25) is 0 Å². The van der Waals surface area contributed by atoms with Gasteiger partial charge in [0.2, 0.25) is 0 Å². The normalized spacial score (nSPS) is 10.5. The van der Waals surface area contributed by atoms with Crippen LogP contribution in [0.3, 0.4) is 0 Å². The Kier molecular flexibility index (Phi) is 4.33. The fraction of sp³-hybridized carbons (Fsp3) is 0. The summed E-state index contributed by atoms with van der Waals surface area (Å²) in [5.41, 5.74) is 2.88. The number of hydrogen-bond acceptors (Lipinski definition) is 6. The van der Waals surface area contributed by atoms with Crippen LogP contribution in [0.15, 0.2) is 47.6 Å². The molecule has 0 aliphatic carbocycles. The number of phenols is 2. The van der Waals surface area contributed by atoms with Crippen molar-refractivity contribution in [2.24, 2.45) is 5.10 Å². The van der Waals surface area contributed by atoms with Crippen molar-refractivity contribution in [3.8, 4) is 11.5 Å². The summed E-state index contributed by atoms with van der Waals surface area (Å²) in [6.45, 7) is 0. The van der Waals surface area contributed by atoms with E-state index < -0.39 is 16.6 Å². The van der Waals surface area contributed by atoms with Gasteiger partial charge in [0, 0.05) is 17.7 Å². The monoisotopic (exact) mass is 301 g/mol. The summed E-state index contributed by atoms with van der Waals surface area (Å²) >= 11 is 0. The van der Waals surface area contributed by atoms with Gasteiger partial charge in [-0.05, 0) is 35.9 Å². The number of aromatic hydroxyl groups is 2. The lowest BCUT2D eigenvalue weighted by Crippen LogP contribution is -2.17. The van der Waals surface area contributed by atoms with E-state index in [1.165, 1.54) is 42.6 Å². The summed E-state index contributed by atoms with van der Waals surface area (Å²) in [4.78, 5) is 21.7. The molecule has 0 saturated carbocycles. The molecule has 0 fully saturated rings. The molecule has 0 saturated heterocycles. The first-order chi connectivity index (χ1) is 10.5. The van der Waals surface area contributed by atoms with E-state index in [0.717, 1.165) is 6.07 Å². The molecule has 0 aliphatic heterocycles. The van der Waals surface area contributed by atoms with Gasteiger partial charge in [0.1, 0.15) is 0 Å². The van der Waals surface area contributed by atoms with Gasteiger partial charge in [-0.2, -0.15) is 5.10 Å². The summed E-state index contributed by atoms with van der Waals surface area (Å²) in [6, 6.07) is 9.23. The highest BCUT2D eigenvalue weighted by molar-refractivity contribution is 5.95. The zero-order valence-electron chi connectivity index (χ0n) is 11.1. The third-order valence-corrected chi connectivity index (χ3v) is 2.72. The second-order valence-corrected chi connectivity index (χ2v) is 4.25. The lowest BCUT2D eigenvalue weighted by molar-refractivity contribution is -0.384. The Morgan fingerprint density at radius 1 is 1.14 bits per heavy atom. The number of carbonyl (C=O) groups is 1. The third-order valence-electron chi connectivity index (χ3n) is 2.72. The molecule has 0 radical (unpaired) electrons. The SMILES string of the molecule is O=C(NN=Cc1ccc([N+](=O)[O-])cc1)c1ccc(O)c(O)c1. The minimum Gasteiger partial charge on any atom is -0.504 e. The van der Waals surface area contributed by atoms with Crippen molar-refractivity contribution in [2.45, 2.75) is 0 Å². The number of phenolic OH excluding ortho intramolecular Hbond substituents is 2. The molecule has 0 aromatic heterocycles.